The molecule has 1 saturated heterocycles. The molecule has 1 atom stereocenters. The molecule has 1 rings (SSSR count). The Labute approximate surface area is 87.6 Å². The molecule has 0 bridgehead atoms. The summed E-state index contributed by atoms with van der Waals surface area (Å²) in [7, 11) is 0. The molecular formula is C11H24N2O. The van der Waals surface area contributed by atoms with Crippen LogP contribution in [0.2, 0.25) is 0 Å². The molecule has 3 heteroatoms. The summed E-state index contributed by atoms with van der Waals surface area (Å²) in [5.74, 6) is 0.642. The summed E-state index contributed by atoms with van der Waals surface area (Å²) in [5.41, 5.74) is 5.73. The van der Waals surface area contributed by atoms with Crippen molar-refractivity contribution >= 4 is 0 Å². The van der Waals surface area contributed by atoms with Gasteiger partial charge in [0.25, 0.3) is 0 Å². The molecule has 1 aliphatic heterocycles. The van der Waals surface area contributed by atoms with E-state index in [1.165, 1.54) is 6.42 Å². The van der Waals surface area contributed by atoms with Crippen molar-refractivity contribution in [2.45, 2.75) is 32.8 Å². The molecular weight excluding hydrogens is 176 g/mol. The quantitative estimate of drug-likeness (QED) is 0.738. The number of hydrogen-bond acceptors (Lipinski definition) is 3. The van der Waals surface area contributed by atoms with Crippen molar-refractivity contribution in [3.05, 3.63) is 0 Å². The Hall–Kier alpha value is -0.120. The van der Waals surface area contributed by atoms with Crippen LogP contribution in [-0.2, 0) is 4.74 Å². The van der Waals surface area contributed by atoms with Crippen molar-refractivity contribution in [2.24, 2.45) is 11.7 Å². The molecule has 0 aromatic carbocycles. The molecule has 1 heterocycles. The first-order chi connectivity index (χ1) is 6.57. The molecule has 1 unspecified atom stereocenters. The minimum atomic E-state index is 0.0190. The van der Waals surface area contributed by atoms with E-state index in [-0.39, 0.29) is 5.60 Å². The Morgan fingerprint density at radius 1 is 1.50 bits per heavy atom. The standard InChI is InChI=1S/C11H24N2O/c1-4-10(7-12)8-13-5-6-14-11(2,3)9-13/h10H,4-9,12H2,1-3H3. The lowest BCUT2D eigenvalue weighted by Gasteiger charge is -2.39. The fourth-order valence-corrected chi connectivity index (χ4v) is 2.01. The van der Waals surface area contributed by atoms with E-state index in [4.69, 9.17) is 10.5 Å². The van der Waals surface area contributed by atoms with Crippen LogP contribution < -0.4 is 5.73 Å². The van der Waals surface area contributed by atoms with E-state index in [2.05, 4.69) is 25.7 Å². The first kappa shape index (κ1) is 12.0. The van der Waals surface area contributed by atoms with Gasteiger partial charge in [0.1, 0.15) is 0 Å². The van der Waals surface area contributed by atoms with Gasteiger partial charge in [-0.25, -0.2) is 0 Å². The van der Waals surface area contributed by atoms with Crippen molar-refractivity contribution in [3.63, 3.8) is 0 Å². The Balaban J connectivity index is 2.37. The van der Waals surface area contributed by atoms with Crippen molar-refractivity contribution in [1.29, 1.82) is 0 Å². The first-order valence-corrected chi connectivity index (χ1v) is 5.64. The van der Waals surface area contributed by atoms with Crippen molar-refractivity contribution in [2.75, 3.05) is 32.8 Å². The maximum atomic E-state index is 5.71. The Bertz CT molecular complexity index is 167. The van der Waals surface area contributed by atoms with Gasteiger partial charge in [0, 0.05) is 19.6 Å². The van der Waals surface area contributed by atoms with E-state index in [0.29, 0.717) is 5.92 Å². The van der Waals surface area contributed by atoms with Crippen LogP contribution in [0.3, 0.4) is 0 Å². The third-order valence-electron chi connectivity index (χ3n) is 2.93. The minimum Gasteiger partial charge on any atom is -0.373 e. The van der Waals surface area contributed by atoms with Crippen LogP contribution in [0.4, 0.5) is 0 Å². The van der Waals surface area contributed by atoms with Gasteiger partial charge in [-0.3, -0.25) is 4.90 Å². The second-order valence-corrected chi connectivity index (χ2v) is 4.85. The highest BCUT2D eigenvalue weighted by Crippen LogP contribution is 2.17. The molecule has 0 saturated carbocycles. The van der Waals surface area contributed by atoms with Crippen molar-refractivity contribution in [3.8, 4) is 0 Å². The highest BCUT2D eigenvalue weighted by molar-refractivity contribution is 4.80. The number of ether oxygens (including phenoxy) is 1. The van der Waals surface area contributed by atoms with Crippen LogP contribution in [0.5, 0.6) is 0 Å². The SMILES string of the molecule is CCC(CN)CN1CCOC(C)(C)C1. The van der Waals surface area contributed by atoms with Gasteiger partial charge in [-0.2, -0.15) is 0 Å². The van der Waals surface area contributed by atoms with Crippen molar-refractivity contribution in [1.82, 2.24) is 4.90 Å². The summed E-state index contributed by atoms with van der Waals surface area (Å²) in [6.45, 7) is 11.4. The molecule has 2 N–H and O–H groups in total. The lowest BCUT2D eigenvalue weighted by atomic mass is 10.0. The molecule has 14 heavy (non-hydrogen) atoms. The summed E-state index contributed by atoms with van der Waals surface area (Å²) >= 11 is 0. The fraction of sp³-hybridized carbons (Fsp3) is 1.00. The predicted octanol–water partition coefficient (Wildman–Crippen LogP) is 1.08. The Kier molecular flexibility index (Phi) is 4.35. The molecule has 0 aliphatic carbocycles. The van der Waals surface area contributed by atoms with Crippen LogP contribution >= 0.6 is 0 Å². The van der Waals surface area contributed by atoms with Gasteiger partial charge in [0.05, 0.1) is 12.2 Å². The predicted molar refractivity (Wildman–Crippen MR) is 59.3 cm³/mol. The van der Waals surface area contributed by atoms with Gasteiger partial charge in [0.2, 0.25) is 0 Å². The molecule has 84 valence electrons. The first-order valence-electron chi connectivity index (χ1n) is 5.64. The molecule has 0 spiro atoms. The zero-order valence-corrected chi connectivity index (χ0v) is 9.75. The van der Waals surface area contributed by atoms with Crippen LogP contribution in [-0.4, -0.2) is 43.3 Å². The highest BCUT2D eigenvalue weighted by atomic mass is 16.5. The third kappa shape index (κ3) is 3.56. The summed E-state index contributed by atoms with van der Waals surface area (Å²) in [6.07, 6.45) is 1.17. The van der Waals surface area contributed by atoms with Crippen LogP contribution in [0.15, 0.2) is 0 Å². The maximum Gasteiger partial charge on any atom is 0.0753 e. The molecule has 0 amide bonds. The second kappa shape index (κ2) is 5.10. The van der Waals surface area contributed by atoms with Gasteiger partial charge >= 0.3 is 0 Å². The van der Waals surface area contributed by atoms with Crippen LogP contribution in [0.1, 0.15) is 27.2 Å². The van der Waals surface area contributed by atoms with Gasteiger partial charge < -0.3 is 10.5 Å². The minimum absolute atomic E-state index is 0.0190. The van der Waals surface area contributed by atoms with E-state index in [1.807, 2.05) is 0 Å². The van der Waals surface area contributed by atoms with E-state index >= 15 is 0 Å². The van der Waals surface area contributed by atoms with E-state index < -0.39 is 0 Å². The van der Waals surface area contributed by atoms with Crippen molar-refractivity contribution < 1.29 is 4.74 Å². The largest absolute Gasteiger partial charge is 0.373 e. The molecule has 1 aliphatic rings. The number of rotatable bonds is 4. The second-order valence-electron chi connectivity index (χ2n) is 4.85. The number of nitrogens with zero attached hydrogens (tertiary/aromatic N) is 1. The van der Waals surface area contributed by atoms with Gasteiger partial charge in [0.15, 0.2) is 0 Å². The number of morpholine rings is 1. The summed E-state index contributed by atoms with van der Waals surface area (Å²) in [5, 5.41) is 0. The maximum absolute atomic E-state index is 5.71. The highest BCUT2D eigenvalue weighted by Gasteiger charge is 2.27. The molecule has 1 fully saturated rings. The van der Waals surface area contributed by atoms with E-state index in [0.717, 1.165) is 32.8 Å². The zero-order valence-electron chi connectivity index (χ0n) is 9.75. The average molecular weight is 200 g/mol. The molecule has 0 aromatic rings. The Morgan fingerprint density at radius 3 is 2.71 bits per heavy atom. The van der Waals surface area contributed by atoms with Gasteiger partial charge in [-0.05, 0) is 26.3 Å². The number of hydrogen-bond donors (Lipinski definition) is 1. The van der Waals surface area contributed by atoms with Gasteiger partial charge in [-0.15, -0.1) is 0 Å². The lowest BCUT2D eigenvalue weighted by Crippen LogP contribution is -2.50. The summed E-state index contributed by atoms with van der Waals surface area (Å²) < 4.78 is 5.67. The molecule has 0 aromatic heterocycles. The monoisotopic (exact) mass is 200 g/mol. The smallest absolute Gasteiger partial charge is 0.0753 e. The zero-order chi connectivity index (χ0) is 10.6. The summed E-state index contributed by atoms with van der Waals surface area (Å²) in [4.78, 5) is 2.48. The van der Waals surface area contributed by atoms with E-state index in [9.17, 15) is 0 Å². The van der Waals surface area contributed by atoms with Gasteiger partial charge in [-0.1, -0.05) is 13.3 Å². The number of nitrogens with two attached hydrogens (primary N) is 1. The fourth-order valence-electron chi connectivity index (χ4n) is 2.01. The van der Waals surface area contributed by atoms with Crippen LogP contribution in [0.25, 0.3) is 0 Å². The molecule has 3 nitrogen and oxygen atoms in total. The lowest BCUT2D eigenvalue weighted by molar-refractivity contribution is -0.0888. The molecule has 0 radical (unpaired) electrons. The van der Waals surface area contributed by atoms with Crippen LogP contribution in [0, 0.1) is 5.92 Å². The summed E-state index contributed by atoms with van der Waals surface area (Å²) in [6, 6.07) is 0. The third-order valence-corrected chi connectivity index (χ3v) is 2.93. The van der Waals surface area contributed by atoms with E-state index in [1.54, 1.807) is 0 Å². The normalized spacial score (nSPS) is 24.9. The average Bonchev–Trinajstić information content (AvgIpc) is 2.12. The Morgan fingerprint density at radius 2 is 2.21 bits per heavy atom. The topological polar surface area (TPSA) is 38.5 Å².